The summed E-state index contributed by atoms with van der Waals surface area (Å²) >= 11 is 1.32. The molecule has 2 aromatic rings. The molecule has 2 heterocycles. The number of rotatable bonds is 3. The van der Waals surface area contributed by atoms with Gasteiger partial charge in [-0.25, -0.2) is 8.78 Å². The third kappa shape index (κ3) is 3.61. The number of anilines is 1. The molecule has 3 N–H and O–H groups in total. The molecule has 0 spiro atoms. The van der Waals surface area contributed by atoms with Gasteiger partial charge in [-0.3, -0.25) is 4.98 Å². The lowest BCUT2D eigenvalue weighted by atomic mass is 9.76. The fourth-order valence-electron chi connectivity index (χ4n) is 4.41. The molecule has 2 aliphatic rings. The van der Waals surface area contributed by atoms with Gasteiger partial charge in [0.2, 0.25) is 0 Å². The smallest absolute Gasteiger partial charge is 0.136 e. The maximum absolute atomic E-state index is 14.5. The summed E-state index contributed by atoms with van der Waals surface area (Å²) in [6, 6.07) is 4.03. The lowest BCUT2D eigenvalue weighted by molar-refractivity contribution is 0.308. The van der Waals surface area contributed by atoms with Gasteiger partial charge >= 0.3 is 0 Å². The minimum Gasteiger partial charge on any atom is -0.508 e. The summed E-state index contributed by atoms with van der Waals surface area (Å²) in [6.45, 7) is 2.21. The highest BCUT2D eigenvalue weighted by atomic mass is 32.2. The number of hydrogen-bond donors (Lipinski definition) is 2. The Morgan fingerprint density at radius 1 is 1.21 bits per heavy atom. The second-order valence-corrected chi connectivity index (χ2v) is 8.70. The lowest BCUT2D eigenvalue weighted by Crippen LogP contribution is -2.31. The Balaban J connectivity index is 1.72. The van der Waals surface area contributed by atoms with Crippen LogP contribution in [0.1, 0.15) is 48.6 Å². The molecule has 1 aliphatic carbocycles. The molecule has 1 fully saturated rings. The molecule has 4 nitrogen and oxygen atoms in total. The van der Waals surface area contributed by atoms with Crippen LogP contribution in [0.5, 0.6) is 5.75 Å². The fraction of sp³-hybridized carbons (Fsp3) is 0.381. The van der Waals surface area contributed by atoms with Gasteiger partial charge in [0.15, 0.2) is 0 Å². The van der Waals surface area contributed by atoms with Crippen molar-refractivity contribution in [3.05, 3.63) is 65.0 Å². The highest BCUT2D eigenvalue weighted by Crippen LogP contribution is 2.47. The van der Waals surface area contributed by atoms with Gasteiger partial charge in [-0.15, -0.1) is 11.8 Å². The molecular formula is C21H23F2N3OS. The van der Waals surface area contributed by atoms with Gasteiger partial charge < -0.3 is 15.7 Å². The highest BCUT2D eigenvalue weighted by molar-refractivity contribution is 8.02. The Kier molecular flexibility index (Phi) is 5.29. The van der Waals surface area contributed by atoms with E-state index >= 15 is 0 Å². The molecule has 1 aliphatic heterocycles. The van der Waals surface area contributed by atoms with Crippen LogP contribution in [0.3, 0.4) is 0 Å². The van der Waals surface area contributed by atoms with Crippen LogP contribution >= 0.6 is 11.8 Å². The standard InChI is InChI=1S/C21H23F2N3OS/c1-12-6-13(8-14(24)7-12)16-2-3-25-11-19(16)26-4-5-28-21(26)20-17(22)9-15(27)10-18(20)23/h2-5,9-14,21,27H,6-8,24H2,1H3. The molecule has 1 aromatic carbocycles. The van der Waals surface area contributed by atoms with Crippen LogP contribution < -0.4 is 10.6 Å². The first-order valence-electron chi connectivity index (χ1n) is 9.42. The van der Waals surface area contributed by atoms with Gasteiger partial charge in [-0.05, 0) is 48.1 Å². The van der Waals surface area contributed by atoms with E-state index < -0.39 is 22.8 Å². The minimum atomic E-state index is -0.762. The van der Waals surface area contributed by atoms with Crippen LogP contribution in [0.4, 0.5) is 14.5 Å². The maximum Gasteiger partial charge on any atom is 0.136 e. The zero-order valence-corrected chi connectivity index (χ0v) is 16.4. The number of nitrogens with zero attached hydrogens (tertiary/aromatic N) is 2. The Labute approximate surface area is 167 Å². The number of phenolic OH excluding ortho intramolecular Hbond substituents is 1. The molecular weight excluding hydrogens is 380 g/mol. The van der Waals surface area contributed by atoms with E-state index in [1.807, 2.05) is 22.6 Å². The van der Waals surface area contributed by atoms with E-state index in [2.05, 4.69) is 11.9 Å². The van der Waals surface area contributed by atoms with Crippen LogP contribution in [0.25, 0.3) is 0 Å². The second-order valence-electron chi connectivity index (χ2n) is 7.71. The highest BCUT2D eigenvalue weighted by Gasteiger charge is 2.33. The number of hydrogen-bond acceptors (Lipinski definition) is 5. The number of pyridine rings is 1. The number of nitrogens with two attached hydrogens (primary N) is 1. The first kappa shape index (κ1) is 19.2. The van der Waals surface area contributed by atoms with E-state index in [0.29, 0.717) is 5.92 Å². The normalized spacial score (nSPS) is 27.4. The SMILES string of the molecule is CC1CC(N)CC(c2ccncc2N2C=CSC2c2c(F)cc(O)cc2F)C1. The molecule has 4 unspecified atom stereocenters. The van der Waals surface area contributed by atoms with Gasteiger partial charge in [0.05, 0.1) is 17.4 Å². The topological polar surface area (TPSA) is 62.4 Å². The van der Waals surface area contributed by atoms with Crippen molar-refractivity contribution < 1.29 is 13.9 Å². The number of halogens is 2. The molecule has 0 saturated heterocycles. The first-order valence-corrected chi connectivity index (χ1v) is 10.4. The summed E-state index contributed by atoms with van der Waals surface area (Å²) in [7, 11) is 0. The van der Waals surface area contributed by atoms with Crippen molar-refractivity contribution in [2.45, 2.75) is 43.5 Å². The predicted octanol–water partition coefficient (Wildman–Crippen LogP) is 5.02. The van der Waals surface area contributed by atoms with Crippen LogP contribution in [0, 0.1) is 17.6 Å². The molecule has 4 rings (SSSR count). The van der Waals surface area contributed by atoms with Crippen molar-refractivity contribution in [2.24, 2.45) is 11.7 Å². The summed E-state index contributed by atoms with van der Waals surface area (Å²) in [5.74, 6) is -1.13. The minimum absolute atomic E-state index is 0.0729. The Morgan fingerprint density at radius 2 is 1.96 bits per heavy atom. The number of aromatic nitrogens is 1. The summed E-state index contributed by atoms with van der Waals surface area (Å²) in [6.07, 6.45) is 8.27. The largest absolute Gasteiger partial charge is 0.508 e. The van der Waals surface area contributed by atoms with E-state index in [0.717, 1.165) is 42.6 Å². The van der Waals surface area contributed by atoms with Crippen molar-refractivity contribution >= 4 is 17.4 Å². The van der Waals surface area contributed by atoms with Crippen molar-refractivity contribution in [3.63, 3.8) is 0 Å². The molecule has 7 heteroatoms. The summed E-state index contributed by atoms with van der Waals surface area (Å²) in [5.41, 5.74) is 8.13. The molecule has 148 valence electrons. The average molecular weight is 403 g/mol. The van der Waals surface area contributed by atoms with E-state index in [4.69, 9.17) is 5.73 Å². The monoisotopic (exact) mass is 403 g/mol. The Bertz CT molecular complexity index is 874. The summed E-state index contributed by atoms with van der Waals surface area (Å²) < 4.78 is 29.0. The summed E-state index contributed by atoms with van der Waals surface area (Å²) in [4.78, 5) is 6.12. The molecule has 4 atom stereocenters. The zero-order valence-electron chi connectivity index (χ0n) is 15.6. The molecule has 1 saturated carbocycles. The number of benzene rings is 1. The molecule has 0 radical (unpaired) electrons. The van der Waals surface area contributed by atoms with Gasteiger partial charge in [0, 0.05) is 30.6 Å². The molecule has 1 aromatic heterocycles. The molecule has 28 heavy (non-hydrogen) atoms. The van der Waals surface area contributed by atoms with Gasteiger partial charge in [0.1, 0.15) is 22.8 Å². The van der Waals surface area contributed by atoms with Crippen LogP contribution in [-0.4, -0.2) is 16.1 Å². The average Bonchev–Trinajstić information content (AvgIpc) is 3.09. The number of aromatic hydroxyl groups is 1. The van der Waals surface area contributed by atoms with Crippen molar-refractivity contribution in [1.82, 2.24) is 4.98 Å². The van der Waals surface area contributed by atoms with Gasteiger partial charge in [-0.2, -0.15) is 0 Å². The fourth-order valence-corrected chi connectivity index (χ4v) is 5.43. The predicted molar refractivity (Wildman–Crippen MR) is 108 cm³/mol. The van der Waals surface area contributed by atoms with Crippen molar-refractivity contribution in [2.75, 3.05) is 4.90 Å². The van der Waals surface area contributed by atoms with E-state index in [1.165, 1.54) is 11.8 Å². The van der Waals surface area contributed by atoms with Gasteiger partial charge in [-0.1, -0.05) is 6.92 Å². The van der Waals surface area contributed by atoms with Crippen molar-refractivity contribution in [1.29, 1.82) is 0 Å². The second kappa shape index (κ2) is 7.72. The molecule has 0 amide bonds. The molecule has 0 bridgehead atoms. The third-order valence-corrected chi connectivity index (χ3v) is 6.52. The number of phenols is 1. The Hall–Kier alpha value is -2.12. The van der Waals surface area contributed by atoms with Crippen LogP contribution in [-0.2, 0) is 0 Å². The first-order chi connectivity index (χ1) is 13.4. The van der Waals surface area contributed by atoms with Crippen LogP contribution in [0.2, 0.25) is 0 Å². The quantitative estimate of drug-likeness (QED) is 0.754. The lowest BCUT2D eigenvalue weighted by Gasteiger charge is -2.35. The van der Waals surface area contributed by atoms with Crippen LogP contribution in [0.15, 0.2) is 42.2 Å². The van der Waals surface area contributed by atoms with Crippen molar-refractivity contribution in [3.8, 4) is 5.75 Å². The Morgan fingerprint density at radius 3 is 2.68 bits per heavy atom. The van der Waals surface area contributed by atoms with Gasteiger partial charge in [0.25, 0.3) is 0 Å². The number of thioether (sulfide) groups is 1. The van der Waals surface area contributed by atoms with E-state index in [1.54, 1.807) is 12.4 Å². The van der Waals surface area contributed by atoms with E-state index in [-0.39, 0.29) is 17.5 Å². The third-order valence-electron chi connectivity index (χ3n) is 5.52. The van der Waals surface area contributed by atoms with E-state index in [9.17, 15) is 13.9 Å². The summed E-state index contributed by atoms with van der Waals surface area (Å²) in [5, 5.41) is 10.7. The maximum atomic E-state index is 14.5. The zero-order chi connectivity index (χ0) is 19.8.